The third kappa shape index (κ3) is 5.25. The van der Waals surface area contributed by atoms with Gasteiger partial charge in [-0.25, -0.2) is 4.79 Å². The van der Waals surface area contributed by atoms with Gasteiger partial charge in [0.2, 0.25) is 0 Å². The second kappa shape index (κ2) is 9.96. The van der Waals surface area contributed by atoms with Gasteiger partial charge in [-0.15, -0.1) is 0 Å². The minimum absolute atomic E-state index is 0.0391. The number of carbonyl (C=O) groups is 1. The van der Waals surface area contributed by atoms with Gasteiger partial charge in [-0.3, -0.25) is 5.10 Å². The van der Waals surface area contributed by atoms with Crippen molar-refractivity contribution in [3.63, 3.8) is 0 Å². The van der Waals surface area contributed by atoms with E-state index in [4.69, 9.17) is 0 Å². The fourth-order valence-corrected chi connectivity index (χ4v) is 4.60. The van der Waals surface area contributed by atoms with E-state index >= 15 is 0 Å². The molecule has 1 fully saturated rings. The summed E-state index contributed by atoms with van der Waals surface area (Å²) in [6.07, 6.45) is 6.25. The van der Waals surface area contributed by atoms with Crippen molar-refractivity contribution in [2.75, 3.05) is 18.4 Å². The van der Waals surface area contributed by atoms with Crippen LogP contribution in [0.25, 0.3) is 10.9 Å². The molecule has 0 saturated carbocycles. The Labute approximate surface area is 184 Å². The molecule has 0 spiro atoms. The number of hydrogen-bond donors (Lipinski definition) is 2. The standard InChI is InChI=1S/C25H33N5O/c1-3-7-19(2)29-14-12-23(13-15-29)30(18-20-8-5-4-6-9-20)25(31)27-22-11-10-21-17-26-28-24(21)16-22/h4-6,8-11,16-17,19,23H,3,7,12-15,18H2,1-2H3,(H,26,28)(H,27,31). The Kier molecular flexibility index (Phi) is 6.87. The minimum Gasteiger partial charge on any atom is -0.317 e. The van der Waals surface area contributed by atoms with Crippen LogP contribution < -0.4 is 5.32 Å². The first kappa shape index (κ1) is 21.4. The monoisotopic (exact) mass is 419 g/mol. The van der Waals surface area contributed by atoms with Gasteiger partial charge in [0.25, 0.3) is 0 Å². The van der Waals surface area contributed by atoms with E-state index in [0.29, 0.717) is 12.6 Å². The molecule has 1 aliphatic rings. The molecule has 3 aromatic rings. The lowest BCUT2D eigenvalue weighted by atomic mass is 10.00. The number of H-pyrrole nitrogens is 1. The molecule has 1 aromatic heterocycles. The van der Waals surface area contributed by atoms with Crippen LogP contribution in [-0.4, -0.2) is 51.2 Å². The van der Waals surface area contributed by atoms with Crippen LogP contribution in [0.15, 0.2) is 54.7 Å². The van der Waals surface area contributed by atoms with Crippen molar-refractivity contribution >= 4 is 22.6 Å². The lowest BCUT2D eigenvalue weighted by Gasteiger charge is -2.40. The molecule has 0 radical (unpaired) electrons. The Hall–Kier alpha value is -2.86. The fourth-order valence-electron chi connectivity index (χ4n) is 4.60. The third-order valence-electron chi connectivity index (χ3n) is 6.42. The van der Waals surface area contributed by atoms with E-state index in [-0.39, 0.29) is 12.1 Å². The van der Waals surface area contributed by atoms with E-state index in [1.54, 1.807) is 6.20 Å². The van der Waals surface area contributed by atoms with E-state index in [2.05, 4.69) is 46.4 Å². The number of benzene rings is 2. The lowest BCUT2D eigenvalue weighted by molar-refractivity contribution is 0.0989. The molecule has 6 heteroatoms. The summed E-state index contributed by atoms with van der Waals surface area (Å²) in [5, 5.41) is 11.2. The van der Waals surface area contributed by atoms with Crippen molar-refractivity contribution in [1.29, 1.82) is 0 Å². The highest BCUT2D eigenvalue weighted by Crippen LogP contribution is 2.24. The molecule has 164 valence electrons. The maximum absolute atomic E-state index is 13.4. The van der Waals surface area contributed by atoms with Crippen LogP contribution in [0.4, 0.5) is 10.5 Å². The van der Waals surface area contributed by atoms with Gasteiger partial charge in [0.05, 0.1) is 11.7 Å². The SMILES string of the molecule is CCCC(C)N1CCC(N(Cc2ccccc2)C(=O)Nc2ccc3cn[nH]c3c2)CC1. The minimum atomic E-state index is -0.0391. The molecule has 1 unspecified atom stereocenters. The number of rotatable bonds is 7. The summed E-state index contributed by atoms with van der Waals surface area (Å²) in [7, 11) is 0. The topological polar surface area (TPSA) is 64.3 Å². The van der Waals surface area contributed by atoms with E-state index in [9.17, 15) is 4.79 Å². The van der Waals surface area contributed by atoms with Crippen LogP contribution in [-0.2, 0) is 6.54 Å². The van der Waals surface area contributed by atoms with Gasteiger partial charge in [0.1, 0.15) is 0 Å². The number of amides is 2. The maximum Gasteiger partial charge on any atom is 0.322 e. The number of anilines is 1. The number of aromatic amines is 1. The summed E-state index contributed by atoms with van der Waals surface area (Å²) in [6.45, 7) is 7.28. The van der Waals surface area contributed by atoms with E-state index in [1.807, 2.05) is 41.3 Å². The molecule has 31 heavy (non-hydrogen) atoms. The number of urea groups is 1. The van der Waals surface area contributed by atoms with Crippen molar-refractivity contribution in [3.8, 4) is 0 Å². The molecule has 2 amide bonds. The quantitative estimate of drug-likeness (QED) is 0.550. The number of likely N-dealkylation sites (tertiary alicyclic amines) is 1. The largest absolute Gasteiger partial charge is 0.322 e. The Morgan fingerprint density at radius 1 is 1.23 bits per heavy atom. The lowest BCUT2D eigenvalue weighted by Crippen LogP contribution is -2.50. The average molecular weight is 420 g/mol. The Balaban J connectivity index is 1.48. The Bertz CT molecular complexity index is 978. The van der Waals surface area contributed by atoms with Crippen LogP contribution >= 0.6 is 0 Å². The molecule has 0 bridgehead atoms. The predicted molar refractivity (Wildman–Crippen MR) is 126 cm³/mol. The van der Waals surface area contributed by atoms with E-state index in [1.165, 1.54) is 12.8 Å². The number of carbonyl (C=O) groups excluding carboxylic acids is 1. The molecule has 1 atom stereocenters. The van der Waals surface area contributed by atoms with E-state index < -0.39 is 0 Å². The van der Waals surface area contributed by atoms with Gasteiger partial charge < -0.3 is 15.1 Å². The molecule has 6 nitrogen and oxygen atoms in total. The zero-order valence-corrected chi connectivity index (χ0v) is 18.6. The summed E-state index contributed by atoms with van der Waals surface area (Å²) in [5.74, 6) is 0. The first-order valence-corrected chi connectivity index (χ1v) is 11.4. The number of hydrogen-bond acceptors (Lipinski definition) is 3. The summed E-state index contributed by atoms with van der Waals surface area (Å²) < 4.78 is 0. The zero-order valence-electron chi connectivity index (χ0n) is 18.6. The first-order valence-electron chi connectivity index (χ1n) is 11.4. The highest BCUT2D eigenvalue weighted by molar-refractivity contribution is 5.92. The normalized spacial score (nSPS) is 16.3. The van der Waals surface area contributed by atoms with Crippen molar-refractivity contribution in [1.82, 2.24) is 20.0 Å². The average Bonchev–Trinajstić information content (AvgIpc) is 3.26. The van der Waals surface area contributed by atoms with Crippen LogP contribution in [0.3, 0.4) is 0 Å². The predicted octanol–water partition coefficient (Wildman–Crippen LogP) is 5.25. The van der Waals surface area contributed by atoms with Crippen molar-refractivity contribution in [2.24, 2.45) is 0 Å². The number of nitrogens with one attached hydrogen (secondary N) is 2. The van der Waals surface area contributed by atoms with Gasteiger partial charge in [-0.2, -0.15) is 5.10 Å². The molecule has 1 aliphatic heterocycles. The van der Waals surface area contributed by atoms with Crippen LogP contribution in [0, 0.1) is 0 Å². The van der Waals surface area contributed by atoms with Crippen molar-refractivity contribution in [2.45, 2.75) is 58.2 Å². The number of aromatic nitrogens is 2. The number of nitrogens with zero attached hydrogens (tertiary/aromatic N) is 3. The van der Waals surface area contributed by atoms with Gasteiger partial charge in [-0.05, 0) is 49.9 Å². The maximum atomic E-state index is 13.4. The Morgan fingerprint density at radius 2 is 2.00 bits per heavy atom. The molecule has 2 N–H and O–H groups in total. The van der Waals surface area contributed by atoms with E-state index in [0.717, 1.165) is 48.1 Å². The second-order valence-corrected chi connectivity index (χ2v) is 8.62. The van der Waals surface area contributed by atoms with Crippen LogP contribution in [0.5, 0.6) is 0 Å². The molecular weight excluding hydrogens is 386 g/mol. The molecule has 2 heterocycles. The van der Waals surface area contributed by atoms with Gasteiger partial charge >= 0.3 is 6.03 Å². The molecule has 2 aromatic carbocycles. The smallest absolute Gasteiger partial charge is 0.317 e. The Morgan fingerprint density at radius 3 is 2.74 bits per heavy atom. The molecular formula is C25H33N5O. The highest BCUT2D eigenvalue weighted by atomic mass is 16.2. The first-order chi connectivity index (χ1) is 15.1. The van der Waals surface area contributed by atoms with Crippen LogP contribution in [0.1, 0.15) is 45.1 Å². The van der Waals surface area contributed by atoms with Gasteiger partial charge in [0.15, 0.2) is 0 Å². The third-order valence-corrected chi connectivity index (χ3v) is 6.42. The second-order valence-electron chi connectivity index (χ2n) is 8.62. The molecule has 4 rings (SSSR count). The summed E-state index contributed by atoms with van der Waals surface area (Å²) >= 11 is 0. The van der Waals surface area contributed by atoms with Crippen molar-refractivity contribution < 1.29 is 4.79 Å². The highest BCUT2D eigenvalue weighted by Gasteiger charge is 2.29. The number of fused-ring (bicyclic) bond motifs is 1. The summed E-state index contributed by atoms with van der Waals surface area (Å²) in [6, 6.07) is 16.9. The van der Waals surface area contributed by atoms with Crippen LogP contribution in [0.2, 0.25) is 0 Å². The molecule has 1 saturated heterocycles. The van der Waals surface area contributed by atoms with Crippen molar-refractivity contribution in [3.05, 3.63) is 60.3 Å². The summed E-state index contributed by atoms with van der Waals surface area (Å²) in [4.78, 5) is 18.0. The van der Waals surface area contributed by atoms with Gasteiger partial charge in [0, 0.05) is 42.8 Å². The molecule has 0 aliphatic carbocycles. The fraction of sp³-hybridized carbons (Fsp3) is 0.440. The number of piperidine rings is 1. The zero-order chi connectivity index (χ0) is 21.6. The summed E-state index contributed by atoms with van der Waals surface area (Å²) in [5.41, 5.74) is 2.86. The van der Waals surface area contributed by atoms with Gasteiger partial charge in [-0.1, -0.05) is 43.7 Å².